The summed E-state index contributed by atoms with van der Waals surface area (Å²) in [5.41, 5.74) is 0. The summed E-state index contributed by atoms with van der Waals surface area (Å²) in [5.74, 6) is 0. The maximum absolute atomic E-state index is 11.8. The highest BCUT2D eigenvalue weighted by Crippen LogP contribution is 2.23. The number of nitrogens with zero attached hydrogens (tertiary/aromatic N) is 1. The number of hydrogen-bond acceptors (Lipinski definition) is 2. The minimum atomic E-state index is -2.36. The molecule has 0 aliphatic carbocycles. The number of alkyl halides is 2. The van der Waals surface area contributed by atoms with E-state index < -0.39 is 6.43 Å². The molecule has 0 spiro atoms. The van der Waals surface area contributed by atoms with E-state index in [1.165, 1.54) is 6.20 Å². The average molecular weight is 149 g/mol. The van der Waals surface area contributed by atoms with Crippen molar-refractivity contribution >= 4 is 11.3 Å². The molecular formula is C5H5F2NS. The van der Waals surface area contributed by atoms with Crippen molar-refractivity contribution < 1.29 is 8.78 Å². The van der Waals surface area contributed by atoms with Crippen LogP contribution in [0.3, 0.4) is 0 Å². The molecule has 1 nitrogen and oxygen atoms in total. The van der Waals surface area contributed by atoms with Gasteiger partial charge < -0.3 is 0 Å². The normalized spacial score (nSPS) is 10.7. The van der Waals surface area contributed by atoms with Crippen molar-refractivity contribution in [1.82, 2.24) is 4.98 Å². The number of halogens is 2. The zero-order valence-electron chi connectivity index (χ0n) is 4.77. The van der Waals surface area contributed by atoms with Crippen molar-refractivity contribution in [1.29, 1.82) is 0 Å². The molecule has 0 fully saturated rings. The first-order valence-corrected chi connectivity index (χ1v) is 3.22. The van der Waals surface area contributed by atoms with Crippen molar-refractivity contribution in [2.24, 2.45) is 0 Å². The zero-order valence-corrected chi connectivity index (χ0v) is 5.58. The summed E-state index contributed by atoms with van der Waals surface area (Å²) in [6, 6.07) is 0. The summed E-state index contributed by atoms with van der Waals surface area (Å²) >= 11 is 1.03. The van der Waals surface area contributed by atoms with Crippen LogP contribution in [0.5, 0.6) is 0 Å². The molecule has 0 atom stereocenters. The van der Waals surface area contributed by atoms with E-state index in [0.29, 0.717) is 5.01 Å². The van der Waals surface area contributed by atoms with Crippen LogP contribution in [0.25, 0.3) is 0 Å². The molecule has 1 aromatic heterocycles. The Morgan fingerprint density at radius 2 is 2.33 bits per heavy atom. The van der Waals surface area contributed by atoms with Crippen LogP contribution in [-0.2, 0) is 0 Å². The van der Waals surface area contributed by atoms with Crippen molar-refractivity contribution in [2.45, 2.75) is 13.3 Å². The van der Waals surface area contributed by atoms with Gasteiger partial charge >= 0.3 is 0 Å². The lowest BCUT2D eigenvalue weighted by Gasteiger charge is -1.86. The number of thiazole rings is 1. The highest BCUT2D eigenvalue weighted by Gasteiger charge is 2.08. The monoisotopic (exact) mass is 149 g/mol. The second kappa shape index (κ2) is 2.39. The molecule has 0 aromatic carbocycles. The Morgan fingerprint density at radius 3 is 2.56 bits per heavy atom. The lowest BCUT2D eigenvalue weighted by Crippen LogP contribution is -1.72. The van der Waals surface area contributed by atoms with E-state index in [0.717, 1.165) is 11.3 Å². The molecule has 0 aliphatic heterocycles. The highest BCUT2D eigenvalue weighted by atomic mass is 32.1. The van der Waals surface area contributed by atoms with Gasteiger partial charge in [-0.2, -0.15) is 0 Å². The van der Waals surface area contributed by atoms with Gasteiger partial charge in [-0.05, 0) is 6.92 Å². The molecule has 0 saturated heterocycles. The van der Waals surface area contributed by atoms with E-state index in [1.54, 1.807) is 6.92 Å². The quantitative estimate of drug-likeness (QED) is 0.597. The summed E-state index contributed by atoms with van der Waals surface area (Å²) in [7, 11) is 0. The van der Waals surface area contributed by atoms with Crippen molar-refractivity contribution in [3.05, 3.63) is 16.1 Å². The predicted octanol–water partition coefficient (Wildman–Crippen LogP) is 2.39. The zero-order chi connectivity index (χ0) is 6.85. The van der Waals surface area contributed by atoms with E-state index in [1.807, 2.05) is 0 Å². The lowest BCUT2D eigenvalue weighted by atomic mass is 10.6. The molecule has 0 radical (unpaired) electrons. The van der Waals surface area contributed by atoms with E-state index in [2.05, 4.69) is 4.98 Å². The van der Waals surface area contributed by atoms with Crippen molar-refractivity contribution in [3.8, 4) is 0 Å². The standard InChI is InChI=1S/C5H5F2NS/c1-3-8-2-4(9-3)5(6)7/h2,5H,1H3. The van der Waals surface area contributed by atoms with Crippen LogP contribution in [0, 0.1) is 6.92 Å². The number of aryl methyl sites for hydroxylation is 1. The molecule has 1 heterocycles. The minimum Gasteiger partial charge on any atom is -0.249 e. The van der Waals surface area contributed by atoms with E-state index >= 15 is 0 Å². The summed E-state index contributed by atoms with van der Waals surface area (Å²) in [5, 5.41) is 0.685. The van der Waals surface area contributed by atoms with Gasteiger partial charge in [-0.15, -0.1) is 11.3 Å². The second-order valence-electron chi connectivity index (χ2n) is 1.58. The molecule has 0 unspecified atom stereocenters. The molecule has 0 aliphatic rings. The fourth-order valence-corrected chi connectivity index (χ4v) is 1.12. The second-order valence-corrected chi connectivity index (χ2v) is 2.85. The minimum absolute atomic E-state index is 0.0486. The Balaban J connectivity index is 2.85. The number of aromatic nitrogens is 1. The SMILES string of the molecule is Cc1ncc(C(F)F)s1. The summed E-state index contributed by atoms with van der Waals surface area (Å²) in [4.78, 5) is 3.73. The van der Waals surface area contributed by atoms with E-state index in [-0.39, 0.29) is 4.88 Å². The highest BCUT2D eigenvalue weighted by molar-refractivity contribution is 7.11. The maximum atomic E-state index is 11.8. The van der Waals surface area contributed by atoms with Gasteiger partial charge in [-0.25, -0.2) is 13.8 Å². The third kappa shape index (κ3) is 1.45. The third-order valence-corrected chi connectivity index (χ3v) is 1.77. The number of hydrogen-bond donors (Lipinski definition) is 0. The molecule has 0 amide bonds. The van der Waals surface area contributed by atoms with Gasteiger partial charge in [0, 0.05) is 6.20 Å². The van der Waals surface area contributed by atoms with Gasteiger partial charge in [0.15, 0.2) is 0 Å². The summed E-state index contributed by atoms with van der Waals surface area (Å²) < 4.78 is 23.5. The first-order chi connectivity index (χ1) is 4.20. The van der Waals surface area contributed by atoms with Crippen LogP contribution >= 0.6 is 11.3 Å². The van der Waals surface area contributed by atoms with E-state index in [9.17, 15) is 8.78 Å². The van der Waals surface area contributed by atoms with Crippen LogP contribution in [0.4, 0.5) is 8.78 Å². The van der Waals surface area contributed by atoms with Crippen LogP contribution < -0.4 is 0 Å². The lowest BCUT2D eigenvalue weighted by molar-refractivity contribution is 0.155. The van der Waals surface area contributed by atoms with Crippen LogP contribution in [0.2, 0.25) is 0 Å². The molecule has 0 bridgehead atoms. The summed E-state index contributed by atoms with van der Waals surface area (Å²) in [6.07, 6.45) is -1.15. The Labute approximate surface area is 55.4 Å². The average Bonchev–Trinajstić information content (AvgIpc) is 2.14. The van der Waals surface area contributed by atoms with E-state index in [4.69, 9.17) is 0 Å². The summed E-state index contributed by atoms with van der Waals surface area (Å²) in [6.45, 7) is 1.70. The number of rotatable bonds is 1. The Hall–Kier alpha value is -0.510. The Kier molecular flexibility index (Phi) is 1.75. The van der Waals surface area contributed by atoms with Gasteiger partial charge in [0.1, 0.15) is 0 Å². The first-order valence-electron chi connectivity index (χ1n) is 2.40. The van der Waals surface area contributed by atoms with Gasteiger partial charge in [0.05, 0.1) is 9.88 Å². The molecule has 9 heavy (non-hydrogen) atoms. The third-order valence-electron chi connectivity index (χ3n) is 0.854. The first kappa shape index (κ1) is 6.61. The predicted molar refractivity (Wildman–Crippen MR) is 31.8 cm³/mol. The molecule has 0 N–H and O–H groups in total. The van der Waals surface area contributed by atoms with Gasteiger partial charge in [-0.1, -0.05) is 0 Å². The maximum Gasteiger partial charge on any atom is 0.274 e. The van der Waals surface area contributed by atoms with Gasteiger partial charge in [-0.3, -0.25) is 0 Å². The van der Waals surface area contributed by atoms with Crippen LogP contribution in [-0.4, -0.2) is 4.98 Å². The largest absolute Gasteiger partial charge is 0.274 e. The molecule has 1 aromatic rings. The Bertz CT molecular complexity index is 197. The Morgan fingerprint density at radius 1 is 1.67 bits per heavy atom. The molecule has 1 rings (SSSR count). The van der Waals surface area contributed by atoms with Crippen LogP contribution in [0.15, 0.2) is 6.20 Å². The molecule has 0 saturated carbocycles. The smallest absolute Gasteiger partial charge is 0.249 e. The fraction of sp³-hybridized carbons (Fsp3) is 0.400. The molecule has 50 valence electrons. The topological polar surface area (TPSA) is 12.9 Å². The van der Waals surface area contributed by atoms with Crippen LogP contribution in [0.1, 0.15) is 16.3 Å². The molecule has 4 heteroatoms. The fourth-order valence-electron chi connectivity index (χ4n) is 0.479. The van der Waals surface area contributed by atoms with Crippen molar-refractivity contribution in [2.75, 3.05) is 0 Å². The van der Waals surface area contributed by atoms with Gasteiger partial charge in [0.25, 0.3) is 6.43 Å². The van der Waals surface area contributed by atoms with Crippen molar-refractivity contribution in [3.63, 3.8) is 0 Å². The molecular weight excluding hydrogens is 144 g/mol. The van der Waals surface area contributed by atoms with Gasteiger partial charge in [0.2, 0.25) is 0 Å².